The van der Waals surface area contributed by atoms with Gasteiger partial charge in [-0.3, -0.25) is 9.36 Å². The number of benzene rings is 3. The van der Waals surface area contributed by atoms with Gasteiger partial charge in [-0.05, 0) is 66.1 Å². The van der Waals surface area contributed by atoms with E-state index in [0.717, 1.165) is 30.0 Å². The number of carbonyl (C=O) groups is 1. The summed E-state index contributed by atoms with van der Waals surface area (Å²) in [5.74, 6) is 1.83. The molecule has 0 spiro atoms. The summed E-state index contributed by atoms with van der Waals surface area (Å²) >= 11 is 7.48. The van der Waals surface area contributed by atoms with E-state index < -0.39 is 0 Å². The van der Waals surface area contributed by atoms with Crippen LogP contribution in [-0.2, 0) is 17.8 Å². The minimum absolute atomic E-state index is 0.0943. The Labute approximate surface area is 207 Å². The SMILES string of the molecule is COc1ccc(-n2c(SCC(=O)N3CCc4ccccc4C3)nnc2-c2ccc(Cl)cc2)cc1. The maximum absolute atomic E-state index is 13.0. The Morgan fingerprint density at radius 2 is 1.74 bits per heavy atom. The number of nitrogens with zero attached hydrogens (tertiary/aromatic N) is 4. The number of aromatic nitrogens is 3. The molecule has 0 atom stereocenters. The molecule has 0 unspecified atom stereocenters. The number of ether oxygens (including phenoxy) is 1. The quantitative estimate of drug-likeness (QED) is 0.344. The smallest absolute Gasteiger partial charge is 0.233 e. The summed E-state index contributed by atoms with van der Waals surface area (Å²) in [4.78, 5) is 15.0. The first-order chi connectivity index (χ1) is 16.6. The summed E-state index contributed by atoms with van der Waals surface area (Å²) in [6, 6.07) is 23.5. The maximum atomic E-state index is 13.0. The highest BCUT2D eigenvalue weighted by Crippen LogP contribution is 2.30. The van der Waals surface area contributed by atoms with Gasteiger partial charge in [-0.25, -0.2) is 0 Å². The molecule has 0 fully saturated rings. The van der Waals surface area contributed by atoms with Crippen LogP contribution >= 0.6 is 23.4 Å². The maximum Gasteiger partial charge on any atom is 0.233 e. The molecule has 1 aliphatic heterocycles. The molecule has 0 radical (unpaired) electrons. The Hall–Kier alpha value is -3.29. The Kier molecular flexibility index (Phi) is 6.56. The molecular formula is C26H23ClN4O2S. The van der Waals surface area contributed by atoms with Crippen molar-refractivity contribution >= 4 is 29.3 Å². The van der Waals surface area contributed by atoms with Crippen molar-refractivity contribution in [1.82, 2.24) is 19.7 Å². The Morgan fingerprint density at radius 1 is 1.00 bits per heavy atom. The normalized spacial score (nSPS) is 12.9. The molecule has 0 bridgehead atoms. The first kappa shape index (κ1) is 22.5. The van der Waals surface area contributed by atoms with Gasteiger partial charge in [0.25, 0.3) is 0 Å². The summed E-state index contributed by atoms with van der Waals surface area (Å²) in [5, 5.41) is 10.2. The zero-order valence-electron chi connectivity index (χ0n) is 18.6. The lowest BCUT2D eigenvalue weighted by atomic mass is 10.00. The summed E-state index contributed by atoms with van der Waals surface area (Å²) in [6.45, 7) is 1.38. The fourth-order valence-corrected chi connectivity index (χ4v) is 5.02. The number of halogens is 1. The lowest BCUT2D eigenvalue weighted by Gasteiger charge is -2.28. The average molecular weight is 491 g/mol. The number of methoxy groups -OCH3 is 1. The van der Waals surface area contributed by atoms with Gasteiger partial charge in [-0.2, -0.15) is 0 Å². The predicted octanol–water partition coefficient (Wildman–Crippen LogP) is 5.27. The molecular weight excluding hydrogens is 468 g/mol. The van der Waals surface area contributed by atoms with Crippen LogP contribution in [0.3, 0.4) is 0 Å². The first-order valence-corrected chi connectivity index (χ1v) is 12.3. The molecule has 34 heavy (non-hydrogen) atoms. The van der Waals surface area contributed by atoms with Crippen molar-refractivity contribution in [2.75, 3.05) is 19.4 Å². The molecule has 5 rings (SSSR count). The molecule has 8 heteroatoms. The topological polar surface area (TPSA) is 60.2 Å². The molecule has 4 aromatic rings. The molecule has 0 aliphatic carbocycles. The third-order valence-corrected chi connectivity index (χ3v) is 7.04. The zero-order chi connectivity index (χ0) is 23.5. The number of thioether (sulfide) groups is 1. The van der Waals surface area contributed by atoms with Gasteiger partial charge in [-0.15, -0.1) is 10.2 Å². The van der Waals surface area contributed by atoms with Crippen LogP contribution in [0.5, 0.6) is 5.75 Å². The molecule has 2 heterocycles. The lowest BCUT2D eigenvalue weighted by Crippen LogP contribution is -2.37. The van der Waals surface area contributed by atoms with Crippen molar-refractivity contribution < 1.29 is 9.53 Å². The molecule has 0 saturated heterocycles. The third kappa shape index (κ3) is 4.67. The Balaban J connectivity index is 1.40. The highest BCUT2D eigenvalue weighted by Gasteiger charge is 2.22. The van der Waals surface area contributed by atoms with Crippen molar-refractivity contribution in [1.29, 1.82) is 0 Å². The molecule has 3 aromatic carbocycles. The van der Waals surface area contributed by atoms with Gasteiger partial charge in [-0.1, -0.05) is 47.6 Å². The summed E-state index contributed by atoms with van der Waals surface area (Å²) in [6.07, 6.45) is 0.884. The minimum atomic E-state index is 0.0943. The molecule has 0 N–H and O–H groups in total. The van der Waals surface area contributed by atoms with Gasteiger partial charge in [0.15, 0.2) is 11.0 Å². The van der Waals surface area contributed by atoms with E-state index in [0.29, 0.717) is 22.5 Å². The summed E-state index contributed by atoms with van der Waals surface area (Å²) in [7, 11) is 1.64. The monoisotopic (exact) mass is 490 g/mol. The van der Waals surface area contributed by atoms with E-state index in [9.17, 15) is 4.79 Å². The van der Waals surface area contributed by atoms with E-state index in [1.54, 1.807) is 7.11 Å². The number of amides is 1. The van der Waals surface area contributed by atoms with Crippen LogP contribution in [0.1, 0.15) is 11.1 Å². The number of rotatable bonds is 6. The standard InChI is InChI=1S/C26H23ClN4O2S/c1-33-23-12-10-22(11-13-23)31-25(19-6-8-21(27)9-7-19)28-29-26(31)34-17-24(32)30-15-14-18-4-2-3-5-20(18)16-30/h2-13H,14-17H2,1H3. The Bertz CT molecular complexity index is 1310. The third-order valence-electron chi connectivity index (χ3n) is 5.87. The van der Waals surface area contributed by atoms with Gasteiger partial charge in [0.1, 0.15) is 5.75 Å². The van der Waals surface area contributed by atoms with Gasteiger partial charge in [0, 0.05) is 29.4 Å². The van der Waals surface area contributed by atoms with Gasteiger partial charge >= 0.3 is 0 Å². The van der Waals surface area contributed by atoms with Crippen LogP contribution < -0.4 is 4.74 Å². The van der Waals surface area contributed by atoms with Crippen LogP contribution in [0.4, 0.5) is 0 Å². The zero-order valence-corrected chi connectivity index (χ0v) is 20.2. The van der Waals surface area contributed by atoms with E-state index >= 15 is 0 Å². The van der Waals surface area contributed by atoms with E-state index in [1.165, 1.54) is 22.9 Å². The van der Waals surface area contributed by atoms with Crippen LogP contribution in [0.2, 0.25) is 5.02 Å². The molecule has 172 valence electrons. The van der Waals surface area contributed by atoms with E-state index in [-0.39, 0.29) is 11.7 Å². The number of hydrogen-bond acceptors (Lipinski definition) is 5. The predicted molar refractivity (Wildman–Crippen MR) is 135 cm³/mol. The number of carbonyl (C=O) groups excluding carboxylic acids is 1. The number of fused-ring (bicyclic) bond motifs is 1. The summed E-state index contributed by atoms with van der Waals surface area (Å²) in [5.41, 5.74) is 4.32. The number of hydrogen-bond donors (Lipinski definition) is 0. The minimum Gasteiger partial charge on any atom is -0.497 e. The first-order valence-electron chi connectivity index (χ1n) is 11.0. The van der Waals surface area contributed by atoms with E-state index in [1.807, 2.05) is 64.1 Å². The molecule has 6 nitrogen and oxygen atoms in total. The van der Waals surface area contributed by atoms with Crippen molar-refractivity contribution in [2.24, 2.45) is 0 Å². The highest BCUT2D eigenvalue weighted by molar-refractivity contribution is 7.99. The largest absolute Gasteiger partial charge is 0.497 e. The van der Waals surface area contributed by atoms with Crippen LogP contribution in [0, 0.1) is 0 Å². The molecule has 1 amide bonds. The van der Waals surface area contributed by atoms with E-state index in [4.69, 9.17) is 16.3 Å². The lowest BCUT2D eigenvalue weighted by molar-refractivity contribution is -0.129. The van der Waals surface area contributed by atoms with Crippen molar-refractivity contribution in [3.63, 3.8) is 0 Å². The second-order valence-corrected chi connectivity index (χ2v) is 9.35. The fraction of sp³-hybridized carbons (Fsp3) is 0.192. The average Bonchev–Trinajstić information content (AvgIpc) is 3.31. The second kappa shape index (κ2) is 9.91. The van der Waals surface area contributed by atoms with Gasteiger partial charge in [0.05, 0.1) is 12.9 Å². The van der Waals surface area contributed by atoms with Crippen molar-refractivity contribution in [3.8, 4) is 22.8 Å². The fourth-order valence-electron chi connectivity index (χ4n) is 4.04. The molecule has 1 aromatic heterocycles. The molecule has 0 saturated carbocycles. The highest BCUT2D eigenvalue weighted by atomic mass is 35.5. The van der Waals surface area contributed by atoms with Crippen LogP contribution in [0.15, 0.2) is 78.0 Å². The molecule has 1 aliphatic rings. The second-order valence-electron chi connectivity index (χ2n) is 7.97. The van der Waals surface area contributed by atoms with Crippen molar-refractivity contribution in [2.45, 2.75) is 18.1 Å². The van der Waals surface area contributed by atoms with Crippen LogP contribution in [-0.4, -0.2) is 45.0 Å². The van der Waals surface area contributed by atoms with Crippen LogP contribution in [0.25, 0.3) is 17.1 Å². The summed E-state index contributed by atoms with van der Waals surface area (Å²) < 4.78 is 7.27. The van der Waals surface area contributed by atoms with Gasteiger partial charge < -0.3 is 9.64 Å². The Morgan fingerprint density at radius 3 is 2.47 bits per heavy atom. The van der Waals surface area contributed by atoms with Gasteiger partial charge in [0.2, 0.25) is 5.91 Å². The van der Waals surface area contributed by atoms with E-state index in [2.05, 4.69) is 28.4 Å². The van der Waals surface area contributed by atoms with Crippen molar-refractivity contribution in [3.05, 3.63) is 88.9 Å².